The molecule has 0 unspecified atom stereocenters. The Morgan fingerprint density at radius 1 is 1.29 bits per heavy atom. The summed E-state index contributed by atoms with van der Waals surface area (Å²) < 4.78 is 0. The Balaban J connectivity index is 1.82. The minimum atomic E-state index is 0.341. The Kier molecular flexibility index (Phi) is 6.78. The molecule has 0 aliphatic carbocycles. The van der Waals surface area contributed by atoms with E-state index >= 15 is 0 Å². The molecule has 1 nitrogen and oxygen atoms in total. The van der Waals surface area contributed by atoms with Crippen molar-refractivity contribution >= 4 is 27.4 Å². The Morgan fingerprint density at radius 3 is 2.71 bits per heavy atom. The first-order valence-electron chi connectivity index (χ1n) is 5.57. The molecular formula is C11H20OS2. The van der Waals surface area contributed by atoms with Crippen LogP contribution in [-0.2, 0) is 4.79 Å². The molecule has 0 saturated carbocycles. The highest BCUT2D eigenvalue weighted by molar-refractivity contribution is 8.77. The second kappa shape index (κ2) is 7.63. The van der Waals surface area contributed by atoms with E-state index in [1.807, 2.05) is 10.8 Å². The van der Waals surface area contributed by atoms with Gasteiger partial charge in [0, 0.05) is 17.4 Å². The van der Waals surface area contributed by atoms with E-state index in [2.05, 4.69) is 10.8 Å². The van der Waals surface area contributed by atoms with E-state index in [9.17, 15) is 4.79 Å². The predicted octanol–water partition coefficient (Wildman–Crippen LogP) is 4.07. The molecule has 0 aromatic rings. The summed E-state index contributed by atoms with van der Waals surface area (Å²) in [7, 11) is 4.10. The van der Waals surface area contributed by atoms with Crippen LogP contribution < -0.4 is 0 Å². The van der Waals surface area contributed by atoms with Crippen LogP contribution in [0.15, 0.2) is 0 Å². The third-order valence-corrected chi connectivity index (χ3v) is 5.54. The molecule has 1 saturated heterocycles. The first kappa shape index (κ1) is 12.4. The number of hydrogen-bond acceptors (Lipinski definition) is 3. The molecule has 0 spiro atoms. The van der Waals surface area contributed by atoms with Crippen LogP contribution in [0.25, 0.3) is 0 Å². The summed E-state index contributed by atoms with van der Waals surface area (Å²) in [6, 6.07) is 0. The van der Waals surface area contributed by atoms with E-state index in [0.29, 0.717) is 5.78 Å². The SMILES string of the molecule is CC(=O)CCCCCC[C@H]1CCSS1. The van der Waals surface area contributed by atoms with E-state index in [1.165, 1.54) is 37.9 Å². The molecule has 0 amide bonds. The van der Waals surface area contributed by atoms with Crippen molar-refractivity contribution in [1.29, 1.82) is 0 Å². The Morgan fingerprint density at radius 2 is 2.07 bits per heavy atom. The standard InChI is InChI=1S/C11H20OS2/c1-10(12)6-4-2-3-5-7-11-8-9-13-14-11/h11H,2-9H2,1H3/t11-/m0/s1. The number of Topliss-reactive ketones (excluding diaryl/α,β-unsaturated/α-hetero) is 1. The van der Waals surface area contributed by atoms with Crippen LogP contribution in [0, 0.1) is 0 Å². The molecule has 82 valence electrons. The maximum absolute atomic E-state index is 10.7. The highest BCUT2D eigenvalue weighted by atomic mass is 33.1. The average Bonchev–Trinajstić information content (AvgIpc) is 2.63. The third-order valence-electron chi connectivity index (χ3n) is 2.53. The van der Waals surface area contributed by atoms with Gasteiger partial charge in [-0.25, -0.2) is 0 Å². The molecule has 0 bridgehead atoms. The van der Waals surface area contributed by atoms with Gasteiger partial charge in [-0.05, 0) is 26.2 Å². The number of hydrogen-bond donors (Lipinski definition) is 0. The molecule has 1 aliphatic rings. The van der Waals surface area contributed by atoms with E-state index in [1.54, 1.807) is 6.92 Å². The minimum absolute atomic E-state index is 0.341. The summed E-state index contributed by atoms with van der Waals surface area (Å²) in [5, 5.41) is 0.924. The maximum Gasteiger partial charge on any atom is 0.129 e. The Bertz CT molecular complexity index is 165. The van der Waals surface area contributed by atoms with Gasteiger partial charge in [-0.2, -0.15) is 0 Å². The molecule has 3 heteroatoms. The van der Waals surface area contributed by atoms with Crippen LogP contribution in [-0.4, -0.2) is 16.8 Å². The summed E-state index contributed by atoms with van der Waals surface area (Å²) in [5.41, 5.74) is 0. The summed E-state index contributed by atoms with van der Waals surface area (Å²) >= 11 is 0. The fraction of sp³-hybridized carbons (Fsp3) is 0.909. The van der Waals surface area contributed by atoms with Gasteiger partial charge in [-0.1, -0.05) is 40.9 Å². The number of rotatable bonds is 7. The second-order valence-corrected chi connectivity index (χ2v) is 6.77. The van der Waals surface area contributed by atoms with Gasteiger partial charge in [0.25, 0.3) is 0 Å². The molecule has 0 radical (unpaired) electrons. The van der Waals surface area contributed by atoms with E-state index in [-0.39, 0.29) is 0 Å². The molecule has 1 aliphatic heterocycles. The van der Waals surface area contributed by atoms with Crippen LogP contribution in [0.4, 0.5) is 0 Å². The van der Waals surface area contributed by atoms with Crippen molar-refractivity contribution in [2.24, 2.45) is 0 Å². The number of carbonyl (C=O) groups excluding carboxylic acids is 1. The van der Waals surface area contributed by atoms with Gasteiger partial charge in [-0.3, -0.25) is 0 Å². The van der Waals surface area contributed by atoms with Gasteiger partial charge in [0.2, 0.25) is 0 Å². The topological polar surface area (TPSA) is 17.1 Å². The zero-order valence-corrected chi connectivity index (χ0v) is 10.6. The van der Waals surface area contributed by atoms with Gasteiger partial charge in [0.05, 0.1) is 0 Å². The highest BCUT2D eigenvalue weighted by Crippen LogP contribution is 2.39. The summed E-state index contributed by atoms with van der Waals surface area (Å²) in [4.78, 5) is 10.7. The van der Waals surface area contributed by atoms with Crippen molar-refractivity contribution in [2.45, 2.75) is 57.1 Å². The summed E-state index contributed by atoms with van der Waals surface area (Å²) in [6.07, 6.45) is 8.59. The summed E-state index contributed by atoms with van der Waals surface area (Å²) in [5.74, 6) is 1.69. The highest BCUT2D eigenvalue weighted by Gasteiger charge is 2.15. The smallest absolute Gasteiger partial charge is 0.129 e. The first-order chi connectivity index (χ1) is 6.79. The monoisotopic (exact) mass is 232 g/mol. The van der Waals surface area contributed by atoms with Crippen LogP contribution in [0.3, 0.4) is 0 Å². The average molecular weight is 232 g/mol. The largest absolute Gasteiger partial charge is 0.300 e. The van der Waals surface area contributed by atoms with E-state index in [0.717, 1.165) is 18.1 Å². The van der Waals surface area contributed by atoms with Crippen LogP contribution in [0.1, 0.15) is 51.9 Å². The molecule has 0 aromatic carbocycles. The van der Waals surface area contributed by atoms with Gasteiger partial charge in [0.15, 0.2) is 0 Å². The first-order valence-corrected chi connectivity index (χ1v) is 7.95. The lowest BCUT2D eigenvalue weighted by Gasteiger charge is -2.06. The quantitative estimate of drug-likeness (QED) is 0.486. The van der Waals surface area contributed by atoms with Crippen molar-refractivity contribution < 1.29 is 4.79 Å². The van der Waals surface area contributed by atoms with Crippen LogP contribution in [0.5, 0.6) is 0 Å². The number of unbranched alkanes of at least 4 members (excludes halogenated alkanes) is 3. The van der Waals surface area contributed by atoms with Crippen molar-refractivity contribution in [1.82, 2.24) is 0 Å². The molecule has 1 atom stereocenters. The zero-order valence-electron chi connectivity index (χ0n) is 8.96. The fourth-order valence-corrected chi connectivity index (χ4v) is 4.69. The van der Waals surface area contributed by atoms with Gasteiger partial charge in [-0.15, -0.1) is 0 Å². The lowest BCUT2D eigenvalue weighted by atomic mass is 10.1. The molecule has 0 aromatic heterocycles. The van der Waals surface area contributed by atoms with Crippen LogP contribution >= 0.6 is 21.6 Å². The minimum Gasteiger partial charge on any atom is -0.300 e. The van der Waals surface area contributed by atoms with Gasteiger partial charge >= 0.3 is 0 Å². The molecular weight excluding hydrogens is 212 g/mol. The zero-order chi connectivity index (χ0) is 10.2. The predicted molar refractivity (Wildman–Crippen MR) is 66.8 cm³/mol. The number of ketones is 1. The second-order valence-electron chi connectivity index (χ2n) is 3.98. The lowest BCUT2D eigenvalue weighted by molar-refractivity contribution is -0.117. The normalized spacial score (nSPS) is 21.4. The van der Waals surface area contributed by atoms with Crippen LogP contribution in [0.2, 0.25) is 0 Å². The Hall–Kier alpha value is 0.370. The Labute approximate surface area is 95.2 Å². The molecule has 1 heterocycles. The fourth-order valence-electron chi connectivity index (χ4n) is 1.66. The van der Waals surface area contributed by atoms with Crippen molar-refractivity contribution in [3.05, 3.63) is 0 Å². The van der Waals surface area contributed by atoms with Gasteiger partial charge < -0.3 is 4.79 Å². The van der Waals surface area contributed by atoms with E-state index < -0.39 is 0 Å². The maximum atomic E-state index is 10.7. The van der Waals surface area contributed by atoms with Crippen molar-refractivity contribution in [3.8, 4) is 0 Å². The van der Waals surface area contributed by atoms with E-state index in [4.69, 9.17) is 0 Å². The van der Waals surface area contributed by atoms with Crippen molar-refractivity contribution in [2.75, 3.05) is 5.75 Å². The molecule has 14 heavy (non-hydrogen) atoms. The van der Waals surface area contributed by atoms with Crippen molar-refractivity contribution in [3.63, 3.8) is 0 Å². The number of carbonyl (C=O) groups is 1. The molecule has 1 fully saturated rings. The third kappa shape index (κ3) is 5.97. The molecule has 0 N–H and O–H groups in total. The molecule has 1 rings (SSSR count). The lowest BCUT2D eigenvalue weighted by Crippen LogP contribution is -1.97. The van der Waals surface area contributed by atoms with Gasteiger partial charge in [0.1, 0.15) is 5.78 Å². The summed E-state index contributed by atoms with van der Waals surface area (Å²) in [6.45, 7) is 1.69.